The van der Waals surface area contributed by atoms with Gasteiger partial charge in [0.05, 0.1) is 35.2 Å². The molecular weight excluding hydrogens is 380 g/mol. The van der Waals surface area contributed by atoms with Gasteiger partial charge in [0.2, 0.25) is 5.82 Å². The zero-order chi connectivity index (χ0) is 19.3. The first-order chi connectivity index (χ1) is 12.9. The molecule has 4 heterocycles. The number of alkyl halides is 1. The molecule has 11 heteroatoms. The predicted octanol–water partition coefficient (Wildman–Crippen LogP) is 3.50. The maximum atomic E-state index is 14.0. The van der Waals surface area contributed by atoms with E-state index in [0.29, 0.717) is 23.6 Å². The summed E-state index contributed by atoms with van der Waals surface area (Å²) < 4.78 is 28.7. The van der Waals surface area contributed by atoms with Crippen LogP contribution in [0.1, 0.15) is 37.3 Å². The molecule has 0 saturated carbocycles. The number of urea groups is 1. The Balaban J connectivity index is 1.67. The van der Waals surface area contributed by atoms with Crippen LogP contribution in [0.4, 0.5) is 25.0 Å². The van der Waals surface area contributed by atoms with Gasteiger partial charge >= 0.3 is 6.03 Å². The van der Waals surface area contributed by atoms with Gasteiger partial charge in [0.1, 0.15) is 6.17 Å². The molecular formula is C16H14ClF2N7O. The number of amides is 2. The monoisotopic (exact) mass is 393 g/mol. The maximum Gasteiger partial charge on any atom is 0.326 e. The normalized spacial score (nSPS) is 17.2. The number of aromatic nitrogens is 5. The molecule has 0 radical (unpaired) electrons. The van der Waals surface area contributed by atoms with Crippen molar-refractivity contribution in [2.75, 3.05) is 16.8 Å². The van der Waals surface area contributed by atoms with E-state index >= 15 is 0 Å². The van der Waals surface area contributed by atoms with Crippen LogP contribution in [0.25, 0.3) is 5.65 Å². The summed E-state index contributed by atoms with van der Waals surface area (Å²) in [7, 11) is 0. The van der Waals surface area contributed by atoms with E-state index in [9.17, 15) is 13.6 Å². The summed E-state index contributed by atoms with van der Waals surface area (Å²) in [6, 6.07) is 0.964. The van der Waals surface area contributed by atoms with Crippen molar-refractivity contribution < 1.29 is 13.6 Å². The summed E-state index contributed by atoms with van der Waals surface area (Å²) in [6.45, 7) is 3.56. The lowest BCUT2D eigenvalue weighted by molar-refractivity contribution is 0.257. The summed E-state index contributed by atoms with van der Waals surface area (Å²) in [5.74, 6) is -0.825. The largest absolute Gasteiger partial charge is 0.326 e. The third-order valence-electron chi connectivity index (χ3n) is 4.36. The molecule has 1 aliphatic heterocycles. The molecule has 0 spiro atoms. The smallest absolute Gasteiger partial charge is 0.306 e. The van der Waals surface area contributed by atoms with Crippen LogP contribution in [0.5, 0.6) is 0 Å². The van der Waals surface area contributed by atoms with Crippen molar-refractivity contribution in [1.29, 1.82) is 0 Å². The SMILES string of the molecule is CC(F)c1cc(NC(=O)N2CC(C)c3c2cnc2c(F)c(Cl)nn32)cnn1. The Morgan fingerprint density at radius 3 is 2.96 bits per heavy atom. The van der Waals surface area contributed by atoms with Crippen LogP contribution in [-0.2, 0) is 0 Å². The first-order valence-corrected chi connectivity index (χ1v) is 8.52. The van der Waals surface area contributed by atoms with Gasteiger partial charge in [0.25, 0.3) is 0 Å². The highest BCUT2D eigenvalue weighted by Crippen LogP contribution is 2.37. The Morgan fingerprint density at radius 2 is 2.22 bits per heavy atom. The van der Waals surface area contributed by atoms with E-state index in [1.54, 1.807) is 0 Å². The van der Waals surface area contributed by atoms with Gasteiger partial charge < -0.3 is 5.32 Å². The molecule has 0 saturated heterocycles. The van der Waals surface area contributed by atoms with Crippen molar-refractivity contribution in [3.8, 4) is 0 Å². The molecule has 3 aromatic heterocycles. The highest BCUT2D eigenvalue weighted by Gasteiger charge is 2.34. The fourth-order valence-corrected chi connectivity index (χ4v) is 3.26. The lowest BCUT2D eigenvalue weighted by Crippen LogP contribution is -2.34. The molecule has 2 unspecified atom stereocenters. The highest BCUT2D eigenvalue weighted by molar-refractivity contribution is 6.29. The van der Waals surface area contributed by atoms with E-state index in [0.717, 1.165) is 0 Å². The Kier molecular flexibility index (Phi) is 4.14. The topological polar surface area (TPSA) is 88.3 Å². The van der Waals surface area contributed by atoms with Gasteiger partial charge in [-0.1, -0.05) is 18.5 Å². The first kappa shape index (κ1) is 17.5. The second-order valence-corrected chi connectivity index (χ2v) is 6.65. The summed E-state index contributed by atoms with van der Waals surface area (Å²) in [6.07, 6.45) is 1.43. The molecule has 8 nitrogen and oxygen atoms in total. The fourth-order valence-electron chi connectivity index (χ4n) is 3.10. The minimum Gasteiger partial charge on any atom is -0.306 e. The number of carbonyl (C=O) groups is 1. The third kappa shape index (κ3) is 2.85. The van der Waals surface area contributed by atoms with E-state index in [-0.39, 0.29) is 22.4 Å². The molecule has 1 aliphatic rings. The highest BCUT2D eigenvalue weighted by atomic mass is 35.5. The molecule has 3 aromatic rings. The van der Waals surface area contributed by atoms with Crippen molar-refractivity contribution in [1.82, 2.24) is 24.8 Å². The minimum atomic E-state index is -1.31. The molecule has 2 amide bonds. The molecule has 0 aromatic carbocycles. The Morgan fingerprint density at radius 1 is 1.44 bits per heavy atom. The number of nitrogens with zero attached hydrogens (tertiary/aromatic N) is 6. The van der Waals surface area contributed by atoms with Gasteiger partial charge in [-0.05, 0) is 13.0 Å². The van der Waals surface area contributed by atoms with Crippen LogP contribution in [0.2, 0.25) is 5.15 Å². The zero-order valence-corrected chi connectivity index (χ0v) is 15.1. The van der Waals surface area contributed by atoms with Gasteiger partial charge in [-0.3, -0.25) is 4.90 Å². The summed E-state index contributed by atoms with van der Waals surface area (Å²) in [4.78, 5) is 18.2. The molecule has 4 rings (SSSR count). The molecule has 1 N–H and O–H groups in total. The maximum absolute atomic E-state index is 14.0. The quantitative estimate of drug-likeness (QED) is 0.719. The molecule has 0 bridgehead atoms. The van der Waals surface area contributed by atoms with Crippen molar-refractivity contribution >= 4 is 34.7 Å². The third-order valence-corrected chi connectivity index (χ3v) is 4.60. The predicted molar refractivity (Wildman–Crippen MR) is 94.3 cm³/mol. The standard InChI is InChI=1S/C16H14ClF2N7O/c1-7-6-25(16(27)22-9-3-10(8(2)18)23-21-4-9)11-5-20-15-12(19)14(17)24-26(15)13(7)11/h3-5,7-8H,6H2,1-2H3,(H,22,23,27). The van der Waals surface area contributed by atoms with E-state index in [2.05, 4.69) is 25.6 Å². The summed E-state index contributed by atoms with van der Waals surface area (Å²) in [5, 5.41) is 13.7. The molecule has 0 fully saturated rings. The second-order valence-electron chi connectivity index (χ2n) is 6.30. The van der Waals surface area contributed by atoms with Gasteiger partial charge in [-0.25, -0.2) is 18.7 Å². The van der Waals surface area contributed by atoms with Crippen LogP contribution in [-0.4, -0.2) is 37.4 Å². The van der Waals surface area contributed by atoms with Gasteiger partial charge in [-0.15, -0.1) is 0 Å². The van der Waals surface area contributed by atoms with Crippen LogP contribution in [0.3, 0.4) is 0 Å². The van der Waals surface area contributed by atoms with Gasteiger partial charge in [0, 0.05) is 12.5 Å². The first-order valence-electron chi connectivity index (χ1n) is 8.14. The Hall–Kier alpha value is -2.88. The number of rotatable bonds is 2. The van der Waals surface area contributed by atoms with E-state index in [1.165, 1.54) is 34.8 Å². The average molecular weight is 394 g/mol. The van der Waals surface area contributed by atoms with E-state index in [4.69, 9.17) is 11.6 Å². The average Bonchev–Trinajstić information content (AvgIpc) is 3.12. The second kappa shape index (κ2) is 6.38. The van der Waals surface area contributed by atoms with Crippen molar-refractivity contribution in [3.05, 3.63) is 40.8 Å². The lowest BCUT2D eigenvalue weighted by atomic mass is 10.1. The number of carbonyl (C=O) groups excluding carboxylic acids is 1. The number of nitrogens with one attached hydrogen (secondary N) is 1. The van der Waals surface area contributed by atoms with Gasteiger partial charge in [0.15, 0.2) is 10.8 Å². The van der Waals surface area contributed by atoms with Crippen molar-refractivity contribution in [2.24, 2.45) is 0 Å². The fraction of sp³-hybridized carbons (Fsp3) is 0.312. The molecule has 140 valence electrons. The Bertz CT molecular complexity index is 1050. The zero-order valence-electron chi connectivity index (χ0n) is 14.3. The van der Waals surface area contributed by atoms with Crippen molar-refractivity contribution in [3.63, 3.8) is 0 Å². The lowest BCUT2D eigenvalue weighted by Gasteiger charge is -2.18. The molecule has 27 heavy (non-hydrogen) atoms. The van der Waals surface area contributed by atoms with Crippen LogP contribution >= 0.6 is 11.6 Å². The van der Waals surface area contributed by atoms with Crippen LogP contribution in [0.15, 0.2) is 18.5 Å². The number of anilines is 2. The molecule has 0 aliphatic carbocycles. The van der Waals surface area contributed by atoms with Crippen molar-refractivity contribution in [2.45, 2.75) is 25.9 Å². The molecule has 2 atom stereocenters. The summed E-state index contributed by atoms with van der Waals surface area (Å²) in [5.41, 5.74) is 1.57. The Labute approximate surface area is 157 Å². The summed E-state index contributed by atoms with van der Waals surface area (Å²) >= 11 is 5.76. The number of halogens is 3. The van der Waals surface area contributed by atoms with Crippen LogP contribution in [0, 0.1) is 5.82 Å². The number of fused-ring (bicyclic) bond motifs is 3. The van der Waals surface area contributed by atoms with Gasteiger partial charge in [-0.2, -0.15) is 19.7 Å². The van der Waals surface area contributed by atoms with E-state index < -0.39 is 18.0 Å². The van der Waals surface area contributed by atoms with Crippen LogP contribution < -0.4 is 10.2 Å². The number of hydrogen-bond acceptors (Lipinski definition) is 5. The minimum absolute atomic E-state index is 0.00719. The van der Waals surface area contributed by atoms with E-state index in [1.807, 2.05) is 6.92 Å². The number of hydrogen-bond donors (Lipinski definition) is 1.